The molecule has 1 fully saturated rings. The highest BCUT2D eigenvalue weighted by molar-refractivity contribution is 5.88. The lowest BCUT2D eigenvalue weighted by atomic mass is 9.93. The normalized spacial score (nSPS) is 23.9. The molecule has 134 valence electrons. The third-order valence-corrected chi connectivity index (χ3v) is 5.45. The van der Waals surface area contributed by atoms with Crippen molar-refractivity contribution in [3.8, 4) is 5.75 Å². The van der Waals surface area contributed by atoms with Gasteiger partial charge in [0.1, 0.15) is 11.8 Å². The smallest absolute Gasteiger partial charge is 0.326 e. The number of hydrogen-bond donors (Lipinski definition) is 1. The van der Waals surface area contributed by atoms with Gasteiger partial charge in [0.25, 0.3) is 0 Å². The fourth-order valence-corrected chi connectivity index (χ4v) is 3.90. The Bertz CT molecular complexity index is 863. The van der Waals surface area contributed by atoms with Gasteiger partial charge in [0.15, 0.2) is 0 Å². The lowest BCUT2D eigenvalue weighted by Crippen LogP contribution is -2.49. The molecule has 5 nitrogen and oxygen atoms in total. The second-order valence-electron chi connectivity index (χ2n) is 7.02. The van der Waals surface area contributed by atoms with E-state index >= 15 is 0 Å². The molecule has 1 amide bonds. The maximum atomic E-state index is 13.1. The molecule has 3 atom stereocenters. The van der Waals surface area contributed by atoms with Crippen LogP contribution in [0.5, 0.6) is 5.75 Å². The molecule has 0 radical (unpaired) electrons. The van der Waals surface area contributed by atoms with Crippen molar-refractivity contribution in [2.24, 2.45) is 5.92 Å². The summed E-state index contributed by atoms with van der Waals surface area (Å²) in [4.78, 5) is 26.4. The number of carboxylic acid groups (broad SMARTS) is 1. The van der Waals surface area contributed by atoms with E-state index in [1.807, 2.05) is 48.5 Å². The average Bonchev–Trinajstić information content (AvgIpc) is 3.47. The van der Waals surface area contributed by atoms with Gasteiger partial charge in [-0.25, -0.2) is 4.79 Å². The minimum absolute atomic E-state index is 0.0558. The summed E-state index contributed by atoms with van der Waals surface area (Å²) in [6.07, 6.45) is 1.13. The molecule has 0 spiro atoms. The first-order valence-corrected chi connectivity index (χ1v) is 8.82. The highest BCUT2D eigenvalue weighted by Crippen LogP contribution is 2.49. The molecule has 0 saturated heterocycles. The number of hydrogen-bond acceptors (Lipinski definition) is 3. The maximum absolute atomic E-state index is 13.1. The number of rotatable bonds is 4. The fraction of sp³-hybridized carbons (Fsp3) is 0.333. The molecule has 0 aromatic heterocycles. The number of nitrogens with zero attached hydrogens (tertiary/aromatic N) is 1. The predicted octanol–water partition coefficient (Wildman–Crippen LogP) is 2.84. The van der Waals surface area contributed by atoms with Gasteiger partial charge < -0.3 is 14.7 Å². The van der Waals surface area contributed by atoms with Gasteiger partial charge in [-0.1, -0.05) is 36.4 Å². The van der Waals surface area contributed by atoms with Crippen LogP contribution in [0, 0.1) is 5.92 Å². The second kappa shape index (κ2) is 6.48. The van der Waals surface area contributed by atoms with Crippen molar-refractivity contribution in [1.82, 2.24) is 4.90 Å². The van der Waals surface area contributed by atoms with Gasteiger partial charge in [0, 0.05) is 18.9 Å². The molecule has 2 aliphatic rings. The molecule has 1 aliphatic heterocycles. The van der Waals surface area contributed by atoms with Crippen molar-refractivity contribution in [3.63, 3.8) is 0 Å². The second-order valence-corrected chi connectivity index (χ2v) is 7.02. The summed E-state index contributed by atoms with van der Waals surface area (Å²) in [5, 5.41) is 9.63. The van der Waals surface area contributed by atoms with Crippen LogP contribution in [0.25, 0.3) is 0 Å². The number of ether oxygens (including phenoxy) is 1. The molecule has 2 aromatic carbocycles. The molecule has 0 bridgehead atoms. The van der Waals surface area contributed by atoms with Crippen LogP contribution in [-0.4, -0.2) is 35.0 Å². The van der Waals surface area contributed by atoms with Gasteiger partial charge in [0.2, 0.25) is 5.91 Å². The molecule has 1 aliphatic carbocycles. The molecule has 1 N–H and O–H groups in total. The summed E-state index contributed by atoms with van der Waals surface area (Å²) in [6, 6.07) is 14.7. The van der Waals surface area contributed by atoms with E-state index < -0.39 is 12.0 Å². The lowest BCUT2D eigenvalue weighted by Gasteiger charge is -2.34. The first-order valence-electron chi connectivity index (χ1n) is 8.82. The Morgan fingerprint density at radius 2 is 1.88 bits per heavy atom. The van der Waals surface area contributed by atoms with Crippen LogP contribution < -0.4 is 4.74 Å². The molecular weight excluding hydrogens is 330 g/mol. The molecule has 5 heteroatoms. The number of benzene rings is 2. The Labute approximate surface area is 152 Å². The van der Waals surface area contributed by atoms with Crippen molar-refractivity contribution in [2.45, 2.75) is 31.3 Å². The Balaban J connectivity index is 1.55. The zero-order valence-corrected chi connectivity index (χ0v) is 14.6. The van der Waals surface area contributed by atoms with Crippen LogP contribution in [0.2, 0.25) is 0 Å². The standard InChI is InChI=1S/C21H21NO4/c1-26-16-8-4-7-14(9-16)17-11-18(17)20(23)22-12-15-6-3-2-5-13(15)10-19(22)21(24)25/h2-9,17-19H,10-12H2,1H3,(H,24,25)/t17-,18-,19+/m0/s1. The van der Waals surface area contributed by atoms with Crippen LogP contribution in [0.3, 0.4) is 0 Å². The third kappa shape index (κ3) is 2.94. The summed E-state index contributed by atoms with van der Waals surface area (Å²) >= 11 is 0. The Morgan fingerprint density at radius 3 is 2.62 bits per heavy atom. The van der Waals surface area contributed by atoms with Crippen LogP contribution in [0.1, 0.15) is 29.0 Å². The highest BCUT2D eigenvalue weighted by Gasteiger charge is 2.48. The summed E-state index contributed by atoms with van der Waals surface area (Å²) < 4.78 is 5.26. The third-order valence-electron chi connectivity index (χ3n) is 5.45. The molecule has 26 heavy (non-hydrogen) atoms. The average molecular weight is 351 g/mol. The molecule has 1 heterocycles. The van der Waals surface area contributed by atoms with Gasteiger partial charge in [0.05, 0.1) is 7.11 Å². The largest absolute Gasteiger partial charge is 0.497 e. The SMILES string of the molecule is COc1cccc([C@@H]2C[C@@H]2C(=O)N2Cc3ccccc3C[C@@H]2C(=O)O)c1. The van der Waals surface area contributed by atoms with Crippen molar-refractivity contribution in [2.75, 3.05) is 7.11 Å². The van der Waals surface area contributed by atoms with Gasteiger partial charge in [-0.15, -0.1) is 0 Å². The maximum Gasteiger partial charge on any atom is 0.326 e. The number of methoxy groups -OCH3 is 1. The fourth-order valence-electron chi connectivity index (χ4n) is 3.90. The number of aliphatic carboxylic acids is 1. The zero-order chi connectivity index (χ0) is 18.3. The van der Waals surface area contributed by atoms with Gasteiger partial charge >= 0.3 is 5.97 Å². The molecule has 2 aromatic rings. The minimum atomic E-state index is -0.938. The summed E-state index contributed by atoms with van der Waals surface area (Å²) in [5.41, 5.74) is 3.13. The minimum Gasteiger partial charge on any atom is -0.497 e. The lowest BCUT2D eigenvalue weighted by molar-refractivity contribution is -0.152. The van der Waals surface area contributed by atoms with Crippen LogP contribution in [0.4, 0.5) is 0 Å². The van der Waals surface area contributed by atoms with E-state index in [4.69, 9.17) is 4.74 Å². The number of carbonyl (C=O) groups excluding carboxylic acids is 1. The number of carbonyl (C=O) groups is 2. The quantitative estimate of drug-likeness (QED) is 0.920. The molecule has 0 unspecified atom stereocenters. The monoisotopic (exact) mass is 351 g/mol. The van der Waals surface area contributed by atoms with E-state index in [9.17, 15) is 14.7 Å². The van der Waals surface area contributed by atoms with Gasteiger partial charge in [-0.3, -0.25) is 4.79 Å². The van der Waals surface area contributed by atoms with Crippen molar-refractivity contribution in [1.29, 1.82) is 0 Å². The van der Waals surface area contributed by atoms with Crippen LogP contribution >= 0.6 is 0 Å². The Kier molecular flexibility index (Phi) is 4.15. The molecule has 4 rings (SSSR count). The summed E-state index contributed by atoms with van der Waals surface area (Å²) in [7, 11) is 1.62. The van der Waals surface area contributed by atoms with Crippen molar-refractivity contribution in [3.05, 3.63) is 65.2 Å². The number of carboxylic acids is 1. The van der Waals surface area contributed by atoms with E-state index in [0.717, 1.165) is 28.9 Å². The molecular formula is C21H21NO4. The van der Waals surface area contributed by atoms with E-state index in [0.29, 0.717) is 13.0 Å². The molecule has 1 saturated carbocycles. The summed E-state index contributed by atoms with van der Waals surface area (Å²) in [5.74, 6) is -0.222. The van der Waals surface area contributed by atoms with E-state index in [1.54, 1.807) is 12.0 Å². The first-order chi connectivity index (χ1) is 12.6. The van der Waals surface area contributed by atoms with E-state index in [2.05, 4.69) is 0 Å². The van der Waals surface area contributed by atoms with Crippen molar-refractivity contribution >= 4 is 11.9 Å². The van der Waals surface area contributed by atoms with E-state index in [1.165, 1.54) is 0 Å². The Hall–Kier alpha value is -2.82. The zero-order valence-electron chi connectivity index (χ0n) is 14.6. The first kappa shape index (κ1) is 16.6. The van der Waals surface area contributed by atoms with Crippen molar-refractivity contribution < 1.29 is 19.4 Å². The van der Waals surface area contributed by atoms with Crippen LogP contribution in [0.15, 0.2) is 48.5 Å². The van der Waals surface area contributed by atoms with Crippen LogP contribution in [-0.2, 0) is 22.6 Å². The number of amides is 1. The number of fused-ring (bicyclic) bond motifs is 1. The van der Waals surface area contributed by atoms with Gasteiger partial charge in [-0.2, -0.15) is 0 Å². The topological polar surface area (TPSA) is 66.8 Å². The van der Waals surface area contributed by atoms with E-state index in [-0.39, 0.29) is 17.7 Å². The highest BCUT2D eigenvalue weighted by atomic mass is 16.5. The predicted molar refractivity (Wildman–Crippen MR) is 96.0 cm³/mol. The van der Waals surface area contributed by atoms with Gasteiger partial charge in [-0.05, 0) is 41.2 Å². The Morgan fingerprint density at radius 1 is 1.12 bits per heavy atom. The summed E-state index contributed by atoms with van der Waals surface area (Å²) in [6.45, 7) is 0.368.